The van der Waals surface area contributed by atoms with Gasteiger partial charge in [-0.15, -0.1) is 0 Å². The van der Waals surface area contributed by atoms with E-state index in [0.717, 1.165) is 25.8 Å². The van der Waals surface area contributed by atoms with Crippen LogP contribution in [0.3, 0.4) is 0 Å². The van der Waals surface area contributed by atoms with E-state index in [0.29, 0.717) is 18.4 Å². The lowest BCUT2D eigenvalue weighted by Gasteiger charge is -2.32. The van der Waals surface area contributed by atoms with Gasteiger partial charge >= 0.3 is 0 Å². The maximum Gasteiger partial charge on any atom is 0.220 e. The summed E-state index contributed by atoms with van der Waals surface area (Å²) in [5.41, 5.74) is 5.66. The first kappa shape index (κ1) is 12.5. The van der Waals surface area contributed by atoms with Gasteiger partial charge in [0.15, 0.2) is 0 Å². The van der Waals surface area contributed by atoms with E-state index in [1.54, 1.807) is 7.11 Å². The molecule has 1 fully saturated rings. The average Bonchev–Trinajstić information content (AvgIpc) is 2.19. The second-order valence-electron chi connectivity index (χ2n) is 4.49. The third-order valence-corrected chi connectivity index (χ3v) is 3.04. The third-order valence-electron chi connectivity index (χ3n) is 3.04. The van der Waals surface area contributed by atoms with Gasteiger partial charge in [0.1, 0.15) is 0 Å². The SMILES string of the molecule is COC(C)CCC(=O)NCC1CC(N)C1. The van der Waals surface area contributed by atoms with Gasteiger partial charge in [-0.3, -0.25) is 4.79 Å². The van der Waals surface area contributed by atoms with Gasteiger partial charge in [0, 0.05) is 26.1 Å². The highest BCUT2D eigenvalue weighted by molar-refractivity contribution is 5.75. The number of hydrogen-bond acceptors (Lipinski definition) is 3. The lowest BCUT2D eigenvalue weighted by molar-refractivity contribution is -0.122. The van der Waals surface area contributed by atoms with E-state index in [-0.39, 0.29) is 12.0 Å². The van der Waals surface area contributed by atoms with Crippen LogP contribution < -0.4 is 11.1 Å². The third kappa shape index (κ3) is 4.62. The molecule has 88 valence electrons. The molecule has 0 saturated heterocycles. The van der Waals surface area contributed by atoms with Crippen LogP contribution in [0.25, 0.3) is 0 Å². The topological polar surface area (TPSA) is 64.3 Å². The smallest absolute Gasteiger partial charge is 0.220 e. The summed E-state index contributed by atoms with van der Waals surface area (Å²) >= 11 is 0. The van der Waals surface area contributed by atoms with Crippen LogP contribution >= 0.6 is 0 Å². The summed E-state index contributed by atoms with van der Waals surface area (Å²) in [6.45, 7) is 2.76. The van der Waals surface area contributed by atoms with Gasteiger partial charge in [-0.05, 0) is 32.1 Å². The number of ether oxygens (including phenoxy) is 1. The van der Waals surface area contributed by atoms with Crippen molar-refractivity contribution < 1.29 is 9.53 Å². The fraction of sp³-hybridized carbons (Fsp3) is 0.909. The van der Waals surface area contributed by atoms with Gasteiger partial charge in [0.25, 0.3) is 0 Å². The maximum absolute atomic E-state index is 11.4. The Hall–Kier alpha value is -0.610. The van der Waals surface area contributed by atoms with Gasteiger partial charge in [-0.2, -0.15) is 0 Å². The molecule has 0 radical (unpaired) electrons. The standard InChI is InChI=1S/C11H22N2O2/c1-8(15-2)3-4-11(14)13-7-9-5-10(12)6-9/h8-10H,3-7,12H2,1-2H3,(H,13,14). The van der Waals surface area contributed by atoms with E-state index < -0.39 is 0 Å². The lowest BCUT2D eigenvalue weighted by atomic mass is 9.81. The van der Waals surface area contributed by atoms with Gasteiger partial charge in [-0.1, -0.05) is 0 Å². The van der Waals surface area contributed by atoms with Crippen molar-refractivity contribution >= 4 is 5.91 Å². The van der Waals surface area contributed by atoms with Crippen LogP contribution in [0.15, 0.2) is 0 Å². The molecule has 0 aromatic rings. The van der Waals surface area contributed by atoms with Gasteiger partial charge in [0.05, 0.1) is 6.10 Å². The summed E-state index contributed by atoms with van der Waals surface area (Å²) in [6.07, 6.45) is 3.59. The molecule has 0 aromatic carbocycles. The van der Waals surface area contributed by atoms with Crippen molar-refractivity contribution in [2.75, 3.05) is 13.7 Å². The molecule has 0 aliphatic heterocycles. The van der Waals surface area contributed by atoms with Crippen LogP contribution in [0, 0.1) is 5.92 Å². The summed E-state index contributed by atoms with van der Waals surface area (Å²) in [4.78, 5) is 11.4. The van der Waals surface area contributed by atoms with Crippen molar-refractivity contribution in [3.63, 3.8) is 0 Å². The first-order valence-electron chi connectivity index (χ1n) is 5.67. The molecule has 1 aliphatic rings. The number of nitrogens with two attached hydrogens (primary N) is 1. The second-order valence-corrected chi connectivity index (χ2v) is 4.49. The number of hydrogen-bond donors (Lipinski definition) is 2. The van der Waals surface area contributed by atoms with Crippen molar-refractivity contribution in [2.45, 2.75) is 44.8 Å². The molecule has 4 nitrogen and oxygen atoms in total. The lowest BCUT2D eigenvalue weighted by Crippen LogP contribution is -2.42. The highest BCUT2D eigenvalue weighted by Crippen LogP contribution is 2.24. The predicted molar refractivity (Wildman–Crippen MR) is 59.4 cm³/mol. The number of nitrogens with one attached hydrogen (secondary N) is 1. The molecule has 1 amide bonds. The van der Waals surface area contributed by atoms with Gasteiger partial charge < -0.3 is 15.8 Å². The van der Waals surface area contributed by atoms with Gasteiger partial charge in [0.2, 0.25) is 5.91 Å². The Morgan fingerprint density at radius 2 is 2.27 bits per heavy atom. The minimum absolute atomic E-state index is 0.124. The molecule has 1 atom stereocenters. The van der Waals surface area contributed by atoms with Crippen molar-refractivity contribution in [1.29, 1.82) is 0 Å². The minimum Gasteiger partial charge on any atom is -0.382 e. The Labute approximate surface area is 91.5 Å². The van der Waals surface area contributed by atoms with Crippen LogP contribution in [0.2, 0.25) is 0 Å². The highest BCUT2D eigenvalue weighted by atomic mass is 16.5. The molecule has 0 aromatic heterocycles. The molecule has 1 aliphatic carbocycles. The van der Waals surface area contributed by atoms with Crippen molar-refractivity contribution in [3.8, 4) is 0 Å². The first-order valence-corrected chi connectivity index (χ1v) is 5.67. The summed E-state index contributed by atoms with van der Waals surface area (Å²) in [6, 6.07) is 0.361. The van der Waals surface area contributed by atoms with Crippen molar-refractivity contribution in [1.82, 2.24) is 5.32 Å². The number of amides is 1. The summed E-state index contributed by atoms with van der Waals surface area (Å²) in [5, 5.41) is 2.93. The van der Waals surface area contributed by atoms with E-state index in [1.807, 2.05) is 6.92 Å². The Kier molecular flexibility index (Phi) is 5.05. The molecule has 15 heavy (non-hydrogen) atoms. The van der Waals surface area contributed by atoms with E-state index >= 15 is 0 Å². The monoisotopic (exact) mass is 214 g/mol. The minimum atomic E-state index is 0.124. The zero-order valence-corrected chi connectivity index (χ0v) is 9.66. The zero-order valence-electron chi connectivity index (χ0n) is 9.66. The zero-order chi connectivity index (χ0) is 11.3. The fourth-order valence-corrected chi connectivity index (χ4v) is 1.75. The Balaban J connectivity index is 1.99. The predicted octanol–water partition coefficient (Wildman–Crippen LogP) is 0.655. The molecule has 0 spiro atoms. The van der Waals surface area contributed by atoms with Crippen molar-refractivity contribution in [3.05, 3.63) is 0 Å². The quantitative estimate of drug-likeness (QED) is 0.682. The van der Waals surface area contributed by atoms with Crippen molar-refractivity contribution in [2.24, 2.45) is 11.7 Å². The van der Waals surface area contributed by atoms with Gasteiger partial charge in [-0.25, -0.2) is 0 Å². The number of methoxy groups -OCH3 is 1. The summed E-state index contributed by atoms with van der Waals surface area (Å²) in [7, 11) is 1.67. The molecule has 1 rings (SSSR count). The molecule has 0 heterocycles. The summed E-state index contributed by atoms with van der Waals surface area (Å²) in [5.74, 6) is 0.725. The maximum atomic E-state index is 11.4. The molecule has 3 N–H and O–H groups in total. The van der Waals surface area contributed by atoms with E-state index in [9.17, 15) is 4.79 Å². The Morgan fingerprint density at radius 1 is 1.60 bits per heavy atom. The highest BCUT2D eigenvalue weighted by Gasteiger charge is 2.25. The van der Waals surface area contributed by atoms with Crippen LogP contribution in [0.1, 0.15) is 32.6 Å². The second kappa shape index (κ2) is 6.08. The van der Waals surface area contributed by atoms with Crippen LogP contribution in [0.4, 0.5) is 0 Å². The molecule has 0 bridgehead atoms. The van der Waals surface area contributed by atoms with Crippen LogP contribution in [-0.4, -0.2) is 31.7 Å². The number of carbonyl (C=O) groups is 1. The molecular weight excluding hydrogens is 192 g/mol. The molecule has 1 unspecified atom stereocenters. The summed E-state index contributed by atoms with van der Waals surface area (Å²) < 4.78 is 5.08. The Bertz CT molecular complexity index is 203. The van der Waals surface area contributed by atoms with E-state index in [1.165, 1.54) is 0 Å². The van der Waals surface area contributed by atoms with E-state index in [4.69, 9.17) is 10.5 Å². The molecule has 4 heteroatoms. The molecular formula is C11H22N2O2. The fourth-order valence-electron chi connectivity index (χ4n) is 1.75. The Morgan fingerprint density at radius 3 is 2.80 bits per heavy atom. The molecule has 1 saturated carbocycles. The first-order chi connectivity index (χ1) is 7.11. The van der Waals surface area contributed by atoms with Crippen LogP contribution in [0.5, 0.6) is 0 Å². The largest absolute Gasteiger partial charge is 0.382 e. The van der Waals surface area contributed by atoms with E-state index in [2.05, 4.69) is 5.32 Å². The number of rotatable bonds is 6. The van der Waals surface area contributed by atoms with Crippen LogP contribution in [-0.2, 0) is 9.53 Å². The number of carbonyl (C=O) groups excluding carboxylic acids is 1. The average molecular weight is 214 g/mol. The normalized spacial score (nSPS) is 26.9.